The maximum Gasteiger partial charge on any atom is 0.306 e. The van der Waals surface area contributed by atoms with Gasteiger partial charge in [0, 0.05) is 12.8 Å². The minimum atomic E-state index is -0.773. The Balaban J connectivity index is 3.61. The molecule has 5 nitrogen and oxygen atoms in total. The highest BCUT2D eigenvalue weighted by Gasteiger charge is 2.16. The standard InChI is InChI=1S/C36H64O5/c1-3-5-7-9-11-13-15-17-18-19-21-22-24-26-28-30-35(38)40-33-34(32-37)41-36(39)31-29-27-25-23-20-16-14-12-10-8-6-4-2/h5,7,11,13,17-18,34,37H,3-4,6,8-10,12,14-16,19-33H2,1-2H3/b7-5-,13-11-,18-17-/t34-/m0/s1. The zero-order chi connectivity index (χ0) is 30.1. The molecule has 5 heteroatoms. The first-order valence-electron chi connectivity index (χ1n) is 17.0. The van der Waals surface area contributed by atoms with Crippen LogP contribution in [0.2, 0.25) is 0 Å². The van der Waals surface area contributed by atoms with Gasteiger partial charge in [-0.1, -0.05) is 140 Å². The molecule has 0 fully saturated rings. The predicted molar refractivity (Wildman–Crippen MR) is 173 cm³/mol. The van der Waals surface area contributed by atoms with E-state index in [0.29, 0.717) is 12.8 Å². The van der Waals surface area contributed by atoms with Crippen LogP contribution < -0.4 is 0 Å². The van der Waals surface area contributed by atoms with Gasteiger partial charge < -0.3 is 14.6 Å². The SMILES string of the molecule is CC/C=C\C/C=C\C/C=C\CCCCCCCC(=O)OC[C@H](CO)OC(=O)CCCCCCCCCCCCCC. The number of rotatable bonds is 30. The van der Waals surface area contributed by atoms with Gasteiger partial charge in [0.1, 0.15) is 6.61 Å². The van der Waals surface area contributed by atoms with Crippen LogP contribution in [0.25, 0.3) is 0 Å². The zero-order valence-corrected chi connectivity index (χ0v) is 26.8. The van der Waals surface area contributed by atoms with Gasteiger partial charge in [0.25, 0.3) is 0 Å². The summed E-state index contributed by atoms with van der Waals surface area (Å²) in [6.45, 7) is 3.99. The first-order chi connectivity index (χ1) is 20.1. The Kier molecular flexibility index (Phi) is 31.1. The molecule has 41 heavy (non-hydrogen) atoms. The van der Waals surface area contributed by atoms with Crippen LogP contribution in [0.3, 0.4) is 0 Å². The third-order valence-corrected chi connectivity index (χ3v) is 7.20. The Morgan fingerprint density at radius 3 is 1.59 bits per heavy atom. The van der Waals surface area contributed by atoms with Crippen LogP contribution in [0, 0.1) is 0 Å². The van der Waals surface area contributed by atoms with Gasteiger partial charge in [-0.3, -0.25) is 9.59 Å². The molecule has 0 saturated carbocycles. The van der Waals surface area contributed by atoms with E-state index in [1.54, 1.807) is 0 Å². The summed E-state index contributed by atoms with van der Waals surface area (Å²) in [5.41, 5.74) is 0. The van der Waals surface area contributed by atoms with E-state index < -0.39 is 6.10 Å². The van der Waals surface area contributed by atoms with Gasteiger partial charge in [-0.2, -0.15) is 0 Å². The lowest BCUT2D eigenvalue weighted by Gasteiger charge is -2.15. The van der Waals surface area contributed by atoms with Crippen molar-refractivity contribution in [2.24, 2.45) is 0 Å². The summed E-state index contributed by atoms with van der Waals surface area (Å²) in [5, 5.41) is 9.50. The molecule has 0 unspecified atom stereocenters. The largest absolute Gasteiger partial charge is 0.462 e. The van der Waals surface area contributed by atoms with Crippen molar-refractivity contribution in [3.05, 3.63) is 36.5 Å². The van der Waals surface area contributed by atoms with Gasteiger partial charge in [-0.15, -0.1) is 0 Å². The number of hydrogen-bond donors (Lipinski definition) is 1. The number of ether oxygens (including phenoxy) is 2. The lowest BCUT2D eigenvalue weighted by molar-refractivity contribution is -0.161. The molecule has 1 N–H and O–H groups in total. The molecule has 0 heterocycles. The van der Waals surface area contributed by atoms with E-state index in [9.17, 15) is 14.7 Å². The molecule has 0 aliphatic heterocycles. The maximum absolute atomic E-state index is 12.1. The summed E-state index contributed by atoms with van der Waals surface area (Å²) >= 11 is 0. The quantitative estimate of drug-likeness (QED) is 0.0523. The molecule has 238 valence electrons. The van der Waals surface area contributed by atoms with Crippen LogP contribution in [-0.2, 0) is 19.1 Å². The zero-order valence-electron chi connectivity index (χ0n) is 26.8. The predicted octanol–water partition coefficient (Wildman–Crippen LogP) is 10.1. The van der Waals surface area contributed by atoms with Crippen molar-refractivity contribution in [2.75, 3.05) is 13.2 Å². The van der Waals surface area contributed by atoms with Gasteiger partial charge in [0.05, 0.1) is 6.61 Å². The molecule has 0 aliphatic carbocycles. The van der Waals surface area contributed by atoms with E-state index in [1.807, 2.05) is 0 Å². The average Bonchev–Trinajstić information content (AvgIpc) is 2.97. The molecule has 0 aromatic heterocycles. The van der Waals surface area contributed by atoms with Crippen molar-refractivity contribution in [1.29, 1.82) is 0 Å². The number of unbranched alkanes of at least 4 members (excludes halogenated alkanes) is 16. The average molecular weight is 577 g/mol. The fourth-order valence-corrected chi connectivity index (χ4v) is 4.63. The number of carbonyl (C=O) groups is 2. The number of aliphatic hydroxyl groups is 1. The Morgan fingerprint density at radius 1 is 0.585 bits per heavy atom. The van der Waals surface area contributed by atoms with Crippen molar-refractivity contribution < 1.29 is 24.2 Å². The molecule has 0 amide bonds. The van der Waals surface area contributed by atoms with Gasteiger partial charge in [0.15, 0.2) is 6.10 Å². The fraction of sp³-hybridized carbons (Fsp3) is 0.778. The lowest BCUT2D eigenvalue weighted by Crippen LogP contribution is -2.28. The smallest absolute Gasteiger partial charge is 0.306 e. The van der Waals surface area contributed by atoms with E-state index in [0.717, 1.165) is 64.2 Å². The molecule has 0 aromatic carbocycles. The molecule has 0 rings (SSSR count). The molecule has 1 atom stereocenters. The number of carbonyl (C=O) groups excluding carboxylic acids is 2. The Morgan fingerprint density at radius 2 is 1.05 bits per heavy atom. The third-order valence-electron chi connectivity index (χ3n) is 7.20. The van der Waals surface area contributed by atoms with Gasteiger partial charge >= 0.3 is 11.9 Å². The Bertz CT molecular complexity index is 667. The summed E-state index contributed by atoms with van der Waals surface area (Å²) in [7, 11) is 0. The molecular formula is C36H64O5. The van der Waals surface area contributed by atoms with Gasteiger partial charge in [-0.05, 0) is 44.9 Å². The third kappa shape index (κ3) is 30.9. The number of allylic oxidation sites excluding steroid dienone is 6. The lowest BCUT2D eigenvalue weighted by atomic mass is 10.0. The van der Waals surface area contributed by atoms with E-state index >= 15 is 0 Å². The summed E-state index contributed by atoms with van der Waals surface area (Å²) in [6, 6.07) is 0. The highest BCUT2D eigenvalue weighted by atomic mass is 16.6. The molecule has 0 spiro atoms. The minimum Gasteiger partial charge on any atom is -0.462 e. The van der Waals surface area contributed by atoms with Crippen LogP contribution in [-0.4, -0.2) is 36.4 Å². The molecule has 0 saturated heterocycles. The maximum atomic E-state index is 12.1. The van der Waals surface area contributed by atoms with Crippen LogP contribution in [0.1, 0.15) is 162 Å². The number of esters is 2. The second-order valence-corrected chi connectivity index (χ2v) is 11.2. The van der Waals surface area contributed by atoms with Crippen molar-refractivity contribution in [3.8, 4) is 0 Å². The molecule has 0 radical (unpaired) electrons. The molecule has 0 aromatic rings. The van der Waals surface area contributed by atoms with Crippen LogP contribution in [0.4, 0.5) is 0 Å². The summed E-state index contributed by atoms with van der Waals surface area (Å²) in [4.78, 5) is 24.1. The minimum absolute atomic E-state index is 0.0729. The van der Waals surface area contributed by atoms with Crippen LogP contribution in [0.5, 0.6) is 0 Å². The van der Waals surface area contributed by atoms with Crippen molar-refractivity contribution >= 4 is 11.9 Å². The monoisotopic (exact) mass is 576 g/mol. The summed E-state index contributed by atoms with van der Waals surface area (Å²) in [5.74, 6) is -0.611. The van der Waals surface area contributed by atoms with E-state index in [1.165, 1.54) is 70.6 Å². The highest BCUT2D eigenvalue weighted by Crippen LogP contribution is 2.13. The fourth-order valence-electron chi connectivity index (χ4n) is 4.63. The van der Waals surface area contributed by atoms with E-state index in [2.05, 4.69) is 50.3 Å². The number of hydrogen-bond acceptors (Lipinski definition) is 5. The van der Waals surface area contributed by atoms with Crippen molar-refractivity contribution in [3.63, 3.8) is 0 Å². The van der Waals surface area contributed by atoms with Crippen LogP contribution >= 0.6 is 0 Å². The van der Waals surface area contributed by atoms with Crippen molar-refractivity contribution in [2.45, 2.75) is 168 Å². The number of aliphatic hydroxyl groups excluding tert-OH is 1. The second-order valence-electron chi connectivity index (χ2n) is 11.2. The summed E-state index contributed by atoms with van der Waals surface area (Å²) < 4.78 is 10.5. The van der Waals surface area contributed by atoms with Gasteiger partial charge in [0.2, 0.25) is 0 Å². The van der Waals surface area contributed by atoms with Crippen LogP contribution in [0.15, 0.2) is 36.5 Å². The summed E-state index contributed by atoms with van der Waals surface area (Å²) in [6.07, 6.45) is 37.6. The Hall–Kier alpha value is -1.88. The van der Waals surface area contributed by atoms with Gasteiger partial charge in [-0.25, -0.2) is 0 Å². The highest BCUT2D eigenvalue weighted by molar-refractivity contribution is 5.70. The van der Waals surface area contributed by atoms with Crippen molar-refractivity contribution in [1.82, 2.24) is 0 Å². The second kappa shape index (κ2) is 32.6. The van der Waals surface area contributed by atoms with E-state index in [-0.39, 0.29) is 25.2 Å². The topological polar surface area (TPSA) is 72.8 Å². The first kappa shape index (κ1) is 39.1. The van der Waals surface area contributed by atoms with E-state index in [4.69, 9.17) is 9.47 Å². The molecule has 0 bridgehead atoms. The molecule has 0 aliphatic rings. The molecular weight excluding hydrogens is 512 g/mol. The Labute approximate surface area is 253 Å². The first-order valence-corrected chi connectivity index (χ1v) is 17.0. The normalized spacial score (nSPS) is 12.6.